The Hall–Kier alpha value is -0.800. The molecule has 70 valence electrons. The highest BCUT2D eigenvalue weighted by Crippen LogP contribution is 2.34. The highest BCUT2D eigenvalue weighted by atomic mass is 16.7. The lowest BCUT2D eigenvalue weighted by Gasteiger charge is -2.31. The Morgan fingerprint density at radius 1 is 1.15 bits per heavy atom. The largest absolute Gasteiger partial charge is 0.367 e. The van der Waals surface area contributed by atoms with Crippen LogP contribution in [0.4, 0.5) is 0 Å². The average molecular weight is 179 g/mol. The van der Waals surface area contributed by atoms with Gasteiger partial charge in [0.05, 0.1) is 13.2 Å². The standard InChI is InChI=1S/C10H13NO2/c1-2-10(12-3-4-13-10)5-9-7-11-6-8(1)9/h6-7,11H,1-5H2. The summed E-state index contributed by atoms with van der Waals surface area (Å²) in [5.74, 6) is -0.283. The molecule has 1 aliphatic heterocycles. The average Bonchev–Trinajstić information content (AvgIpc) is 2.74. The van der Waals surface area contributed by atoms with Crippen LogP contribution in [0.1, 0.15) is 17.5 Å². The van der Waals surface area contributed by atoms with Gasteiger partial charge >= 0.3 is 0 Å². The molecule has 1 aliphatic carbocycles. The highest BCUT2D eigenvalue weighted by Gasteiger charge is 2.39. The lowest BCUT2D eigenvalue weighted by Crippen LogP contribution is -2.36. The van der Waals surface area contributed by atoms with Gasteiger partial charge in [0.15, 0.2) is 5.79 Å². The van der Waals surface area contributed by atoms with Crippen molar-refractivity contribution in [1.82, 2.24) is 4.98 Å². The second-order valence-electron chi connectivity index (χ2n) is 3.79. The van der Waals surface area contributed by atoms with Crippen LogP contribution in [0.25, 0.3) is 0 Å². The zero-order valence-corrected chi connectivity index (χ0v) is 7.51. The van der Waals surface area contributed by atoms with E-state index < -0.39 is 0 Å². The second-order valence-corrected chi connectivity index (χ2v) is 3.79. The van der Waals surface area contributed by atoms with Gasteiger partial charge in [-0.1, -0.05) is 0 Å². The van der Waals surface area contributed by atoms with E-state index in [1.165, 1.54) is 11.1 Å². The van der Waals surface area contributed by atoms with Crippen LogP contribution in [0.5, 0.6) is 0 Å². The van der Waals surface area contributed by atoms with Crippen molar-refractivity contribution < 1.29 is 9.47 Å². The summed E-state index contributed by atoms with van der Waals surface area (Å²) in [6, 6.07) is 0. The maximum Gasteiger partial charge on any atom is 0.172 e. The van der Waals surface area contributed by atoms with Crippen LogP contribution in [0.15, 0.2) is 12.4 Å². The molecule has 1 fully saturated rings. The van der Waals surface area contributed by atoms with Gasteiger partial charge in [0.1, 0.15) is 0 Å². The van der Waals surface area contributed by atoms with Gasteiger partial charge in [0, 0.05) is 25.2 Å². The van der Waals surface area contributed by atoms with Gasteiger partial charge in [-0.3, -0.25) is 0 Å². The summed E-state index contributed by atoms with van der Waals surface area (Å²) in [6.07, 6.45) is 7.11. The van der Waals surface area contributed by atoms with Crippen LogP contribution >= 0.6 is 0 Å². The van der Waals surface area contributed by atoms with Crippen LogP contribution in [-0.4, -0.2) is 24.0 Å². The monoisotopic (exact) mass is 179 g/mol. The van der Waals surface area contributed by atoms with E-state index in [9.17, 15) is 0 Å². The normalized spacial score (nSPS) is 24.9. The Kier molecular flexibility index (Phi) is 1.51. The number of H-pyrrole nitrogens is 1. The Labute approximate surface area is 77.0 Å². The van der Waals surface area contributed by atoms with Crippen molar-refractivity contribution in [2.45, 2.75) is 25.0 Å². The zero-order valence-electron chi connectivity index (χ0n) is 7.51. The minimum Gasteiger partial charge on any atom is -0.367 e. The summed E-state index contributed by atoms with van der Waals surface area (Å²) in [6.45, 7) is 1.50. The Morgan fingerprint density at radius 2 is 1.92 bits per heavy atom. The Morgan fingerprint density at radius 3 is 2.77 bits per heavy atom. The number of hydrogen-bond donors (Lipinski definition) is 1. The molecule has 3 heteroatoms. The molecular weight excluding hydrogens is 166 g/mol. The minimum absolute atomic E-state index is 0.283. The fraction of sp³-hybridized carbons (Fsp3) is 0.600. The molecule has 1 aromatic rings. The predicted molar refractivity (Wildman–Crippen MR) is 47.5 cm³/mol. The molecular formula is C10H13NO2. The molecule has 0 atom stereocenters. The van der Waals surface area contributed by atoms with E-state index in [0.717, 1.165) is 32.5 Å². The van der Waals surface area contributed by atoms with Crippen LogP contribution in [0.3, 0.4) is 0 Å². The third kappa shape index (κ3) is 1.11. The Balaban J connectivity index is 1.91. The van der Waals surface area contributed by atoms with E-state index in [4.69, 9.17) is 9.47 Å². The summed E-state index contributed by atoms with van der Waals surface area (Å²) < 4.78 is 11.3. The molecule has 2 heterocycles. The summed E-state index contributed by atoms with van der Waals surface area (Å²) in [5, 5.41) is 0. The number of fused-ring (bicyclic) bond motifs is 1. The maximum absolute atomic E-state index is 5.67. The van der Waals surface area contributed by atoms with Crippen LogP contribution in [-0.2, 0) is 22.3 Å². The van der Waals surface area contributed by atoms with Crippen molar-refractivity contribution in [2.24, 2.45) is 0 Å². The van der Waals surface area contributed by atoms with Crippen molar-refractivity contribution in [3.8, 4) is 0 Å². The summed E-state index contributed by atoms with van der Waals surface area (Å²) in [5.41, 5.74) is 2.78. The lowest BCUT2D eigenvalue weighted by molar-refractivity contribution is -0.163. The lowest BCUT2D eigenvalue weighted by atomic mass is 9.90. The SMILES string of the molecule is c1[nH]cc2c1CCC1(C2)OCCO1. The first-order valence-electron chi connectivity index (χ1n) is 4.80. The second kappa shape index (κ2) is 2.59. The van der Waals surface area contributed by atoms with Gasteiger partial charge in [-0.05, 0) is 17.5 Å². The molecule has 1 aromatic heterocycles. The molecule has 0 aromatic carbocycles. The van der Waals surface area contributed by atoms with Crippen molar-refractivity contribution in [1.29, 1.82) is 0 Å². The molecule has 0 bridgehead atoms. The van der Waals surface area contributed by atoms with Gasteiger partial charge in [-0.25, -0.2) is 0 Å². The molecule has 0 saturated carbocycles. The van der Waals surface area contributed by atoms with E-state index in [-0.39, 0.29) is 5.79 Å². The van der Waals surface area contributed by atoms with Crippen molar-refractivity contribution >= 4 is 0 Å². The third-order valence-electron chi connectivity index (χ3n) is 2.98. The minimum atomic E-state index is -0.283. The van der Waals surface area contributed by atoms with Crippen LogP contribution < -0.4 is 0 Å². The molecule has 13 heavy (non-hydrogen) atoms. The molecule has 0 amide bonds. The molecule has 2 aliphatic rings. The van der Waals surface area contributed by atoms with Crippen molar-refractivity contribution in [3.63, 3.8) is 0 Å². The van der Waals surface area contributed by atoms with E-state index in [0.29, 0.717) is 0 Å². The summed E-state index contributed by atoms with van der Waals surface area (Å²) in [4.78, 5) is 3.14. The van der Waals surface area contributed by atoms with Gasteiger partial charge in [-0.15, -0.1) is 0 Å². The molecule has 1 saturated heterocycles. The topological polar surface area (TPSA) is 34.2 Å². The summed E-state index contributed by atoms with van der Waals surface area (Å²) >= 11 is 0. The number of rotatable bonds is 0. The van der Waals surface area contributed by atoms with Gasteiger partial charge in [-0.2, -0.15) is 0 Å². The van der Waals surface area contributed by atoms with Gasteiger partial charge < -0.3 is 14.5 Å². The molecule has 0 unspecified atom stereocenters. The fourth-order valence-electron chi connectivity index (χ4n) is 2.27. The number of nitrogens with one attached hydrogen (secondary N) is 1. The van der Waals surface area contributed by atoms with Crippen molar-refractivity contribution in [3.05, 3.63) is 23.5 Å². The van der Waals surface area contributed by atoms with Crippen LogP contribution in [0, 0.1) is 0 Å². The number of hydrogen-bond acceptors (Lipinski definition) is 2. The molecule has 1 spiro atoms. The van der Waals surface area contributed by atoms with E-state index >= 15 is 0 Å². The van der Waals surface area contributed by atoms with E-state index in [1.807, 2.05) is 0 Å². The number of aromatic amines is 1. The molecule has 3 rings (SSSR count). The first kappa shape index (κ1) is 7.59. The molecule has 1 N–H and O–H groups in total. The predicted octanol–water partition coefficient (Wildman–Crippen LogP) is 1.25. The first-order chi connectivity index (χ1) is 6.38. The number of aryl methyl sites for hydroxylation is 1. The first-order valence-corrected chi connectivity index (χ1v) is 4.80. The van der Waals surface area contributed by atoms with Gasteiger partial charge in [0.25, 0.3) is 0 Å². The van der Waals surface area contributed by atoms with Crippen molar-refractivity contribution in [2.75, 3.05) is 13.2 Å². The smallest absolute Gasteiger partial charge is 0.172 e. The highest BCUT2D eigenvalue weighted by molar-refractivity contribution is 5.27. The number of ether oxygens (including phenoxy) is 2. The van der Waals surface area contributed by atoms with Crippen LogP contribution in [0.2, 0.25) is 0 Å². The maximum atomic E-state index is 5.67. The zero-order chi connectivity index (χ0) is 8.73. The van der Waals surface area contributed by atoms with E-state index in [2.05, 4.69) is 17.4 Å². The van der Waals surface area contributed by atoms with Gasteiger partial charge in [0.2, 0.25) is 0 Å². The summed E-state index contributed by atoms with van der Waals surface area (Å²) in [7, 11) is 0. The fourth-order valence-corrected chi connectivity index (χ4v) is 2.27. The quantitative estimate of drug-likeness (QED) is 0.650. The molecule has 3 nitrogen and oxygen atoms in total. The molecule has 0 radical (unpaired) electrons. The van der Waals surface area contributed by atoms with E-state index in [1.54, 1.807) is 0 Å². The number of aromatic nitrogens is 1. The third-order valence-corrected chi connectivity index (χ3v) is 2.98. The Bertz CT molecular complexity index is 312.